The molecule has 0 spiro atoms. The molecule has 0 radical (unpaired) electrons. The summed E-state index contributed by atoms with van der Waals surface area (Å²) in [5, 5.41) is 0. The van der Waals surface area contributed by atoms with Crippen LogP contribution in [0.5, 0.6) is 0 Å². The minimum Gasteiger partial charge on any atom is -0.462 e. The molecule has 0 saturated heterocycles. The molecule has 0 aliphatic heterocycles. The van der Waals surface area contributed by atoms with E-state index in [1.165, 1.54) is 13.8 Å². The predicted octanol–water partition coefficient (Wildman–Crippen LogP) is 2.20. The summed E-state index contributed by atoms with van der Waals surface area (Å²) in [6.07, 6.45) is 0. The minimum atomic E-state index is -6.40. The Labute approximate surface area is 138 Å². The first kappa shape index (κ1) is 23.0. The molecule has 0 amide bonds. The van der Waals surface area contributed by atoms with Crippen LogP contribution in [0.2, 0.25) is 0 Å². The van der Waals surface area contributed by atoms with E-state index in [4.69, 9.17) is 0 Å². The number of esters is 3. The van der Waals surface area contributed by atoms with E-state index in [1.807, 2.05) is 0 Å². The van der Waals surface area contributed by atoms with Crippen LogP contribution in [0.25, 0.3) is 0 Å². The monoisotopic (exact) mass is 382 g/mol. The van der Waals surface area contributed by atoms with Crippen LogP contribution in [0.3, 0.4) is 0 Å². The molecule has 6 nitrogen and oxygen atoms in total. The van der Waals surface area contributed by atoms with Gasteiger partial charge in [-0.05, 0) is 6.92 Å². The second-order valence-corrected chi connectivity index (χ2v) is 4.90. The highest BCUT2D eigenvalue weighted by atomic mass is 19.3. The Balaban J connectivity index is 4.98. The molecule has 0 aromatic rings. The summed E-state index contributed by atoms with van der Waals surface area (Å²) in [7, 11) is 0. The zero-order chi connectivity index (χ0) is 20.1. The van der Waals surface area contributed by atoms with Gasteiger partial charge >= 0.3 is 35.7 Å². The van der Waals surface area contributed by atoms with E-state index in [1.54, 1.807) is 0 Å². The maximum atomic E-state index is 13.4. The van der Waals surface area contributed by atoms with E-state index < -0.39 is 61.4 Å². The van der Waals surface area contributed by atoms with Gasteiger partial charge in [0.2, 0.25) is 0 Å². The summed E-state index contributed by atoms with van der Waals surface area (Å²) in [6, 6.07) is 0. The Morgan fingerprint density at radius 2 is 1.20 bits per heavy atom. The van der Waals surface area contributed by atoms with E-state index in [2.05, 4.69) is 14.2 Å². The van der Waals surface area contributed by atoms with Crippen molar-refractivity contribution in [1.29, 1.82) is 0 Å². The molecule has 0 aliphatic rings. The van der Waals surface area contributed by atoms with Gasteiger partial charge in [-0.25, -0.2) is 9.59 Å². The predicted molar refractivity (Wildman–Crippen MR) is 68.2 cm³/mol. The highest BCUT2D eigenvalue weighted by Crippen LogP contribution is 2.46. The number of alkyl halides is 6. The number of carbonyl (C=O) groups excluding carboxylic acids is 3. The lowest BCUT2D eigenvalue weighted by atomic mass is 10.0. The zero-order valence-electron chi connectivity index (χ0n) is 13.4. The summed E-state index contributed by atoms with van der Waals surface area (Å²) in [5.41, 5.74) is 0. The molecule has 0 heterocycles. The summed E-state index contributed by atoms with van der Waals surface area (Å²) in [5.74, 6) is -25.7. The maximum absolute atomic E-state index is 13.4. The number of hydrogen-bond donors (Lipinski definition) is 0. The smallest absolute Gasteiger partial charge is 0.411 e. The maximum Gasteiger partial charge on any atom is 0.411 e. The number of hydrogen-bond acceptors (Lipinski definition) is 6. The van der Waals surface area contributed by atoms with Crippen LogP contribution in [-0.2, 0) is 28.6 Å². The first-order valence-electron chi connectivity index (χ1n) is 6.88. The summed E-state index contributed by atoms with van der Waals surface area (Å²) < 4.78 is 91.7. The van der Waals surface area contributed by atoms with Gasteiger partial charge in [-0.15, -0.1) is 0 Å². The Kier molecular flexibility index (Phi) is 7.71. The van der Waals surface area contributed by atoms with Gasteiger partial charge in [-0.3, -0.25) is 4.79 Å². The van der Waals surface area contributed by atoms with Gasteiger partial charge in [-0.2, -0.15) is 26.3 Å². The second-order valence-electron chi connectivity index (χ2n) is 4.90. The number of halogens is 6. The lowest BCUT2D eigenvalue weighted by Crippen LogP contribution is -2.61. The molecule has 0 unspecified atom stereocenters. The van der Waals surface area contributed by atoms with Crippen LogP contribution in [0.1, 0.15) is 20.8 Å². The Hall–Kier alpha value is -2.01. The molecular formula is C13H16F6O6. The van der Waals surface area contributed by atoms with Crippen LogP contribution in [0.4, 0.5) is 26.3 Å². The van der Waals surface area contributed by atoms with Crippen molar-refractivity contribution in [2.45, 2.75) is 38.5 Å². The third-order valence-corrected chi connectivity index (χ3v) is 2.61. The standard InChI is InChI=1S/C13H16F6O6/c1-4-23-9(21)11(14,15)13(18,19)12(16,17)10(22)25-6-5-24-8(20)7(2)3/h7H,4-6H2,1-3H3. The molecule has 0 rings (SSSR count). The quantitative estimate of drug-likeness (QED) is 0.263. The van der Waals surface area contributed by atoms with Crippen molar-refractivity contribution in [2.75, 3.05) is 19.8 Å². The average Bonchev–Trinajstić information content (AvgIpc) is 2.50. The molecule has 0 bridgehead atoms. The molecule has 146 valence electrons. The van der Waals surface area contributed by atoms with Crippen LogP contribution in [0, 0.1) is 5.92 Å². The van der Waals surface area contributed by atoms with Gasteiger partial charge < -0.3 is 14.2 Å². The molecule has 0 aromatic carbocycles. The van der Waals surface area contributed by atoms with Crippen molar-refractivity contribution >= 4 is 17.9 Å². The van der Waals surface area contributed by atoms with E-state index in [9.17, 15) is 40.7 Å². The molecule has 12 heteroatoms. The van der Waals surface area contributed by atoms with Crippen molar-refractivity contribution in [1.82, 2.24) is 0 Å². The summed E-state index contributed by atoms with van der Waals surface area (Å²) >= 11 is 0. The number of carbonyl (C=O) groups is 3. The zero-order valence-corrected chi connectivity index (χ0v) is 13.4. The van der Waals surface area contributed by atoms with E-state index in [-0.39, 0.29) is 0 Å². The van der Waals surface area contributed by atoms with Crippen LogP contribution in [0.15, 0.2) is 0 Å². The Bertz CT molecular complexity index is 505. The van der Waals surface area contributed by atoms with Crippen molar-refractivity contribution in [3.05, 3.63) is 0 Å². The first-order valence-corrected chi connectivity index (χ1v) is 6.88. The third-order valence-electron chi connectivity index (χ3n) is 2.61. The molecule has 0 N–H and O–H groups in total. The topological polar surface area (TPSA) is 78.9 Å². The van der Waals surface area contributed by atoms with Crippen LogP contribution >= 0.6 is 0 Å². The van der Waals surface area contributed by atoms with Gasteiger partial charge in [0.25, 0.3) is 0 Å². The third kappa shape index (κ3) is 4.98. The van der Waals surface area contributed by atoms with Gasteiger partial charge in [0.05, 0.1) is 12.5 Å². The molecule has 0 aromatic heterocycles. The van der Waals surface area contributed by atoms with Crippen molar-refractivity contribution < 1.29 is 54.9 Å². The average molecular weight is 382 g/mol. The minimum absolute atomic E-state index is 0.593. The number of ether oxygens (including phenoxy) is 3. The van der Waals surface area contributed by atoms with Crippen molar-refractivity contribution in [2.24, 2.45) is 5.92 Å². The van der Waals surface area contributed by atoms with E-state index in [0.29, 0.717) is 0 Å². The Morgan fingerprint density at radius 1 is 0.800 bits per heavy atom. The molecular weight excluding hydrogens is 366 g/mol. The fourth-order valence-electron chi connectivity index (χ4n) is 1.21. The van der Waals surface area contributed by atoms with Crippen LogP contribution in [-0.4, -0.2) is 55.5 Å². The summed E-state index contributed by atoms with van der Waals surface area (Å²) in [6.45, 7) is 1.24. The largest absolute Gasteiger partial charge is 0.462 e. The lowest BCUT2D eigenvalue weighted by Gasteiger charge is -2.29. The highest BCUT2D eigenvalue weighted by molar-refractivity contribution is 5.84. The molecule has 25 heavy (non-hydrogen) atoms. The second kappa shape index (κ2) is 8.39. The fourth-order valence-corrected chi connectivity index (χ4v) is 1.21. The fraction of sp³-hybridized carbons (Fsp3) is 0.769. The number of rotatable bonds is 9. The van der Waals surface area contributed by atoms with Gasteiger partial charge in [0.15, 0.2) is 0 Å². The van der Waals surface area contributed by atoms with Gasteiger partial charge in [0, 0.05) is 0 Å². The van der Waals surface area contributed by atoms with E-state index >= 15 is 0 Å². The molecule has 0 saturated carbocycles. The molecule has 0 aliphatic carbocycles. The van der Waals surface area contributed by atoms with Crippen LogP contribution < -0.4 is 0 Å². The summed E-state index contributed by atoms with van der Waals surface area (Å²) in [4.78, 5) is 32.9. The molecule has 0 atom stereocenters. The molecule has 0 fully saturated rings. The van der Waals surface area contributed by atoms with Crippen molar-refractivity contribution in [3.63, 3.8) is 0 Å². The lowest BCUT2D eigenvalue weighted by molar-refractivity contribution is -0.301. The normalized spacial score (nSPS) is 12.7. The van der Waals surface area contributed by atoms with Crippen molar-refractivity contribution in [3.8, 4) is 0 Å². The first-order chi connectivity index (χ1) is 11.2. The van der Waals surface area contributed by atoms with E-state index in [0.717, 1.165) is 6.92 Å². The van der Waals surface area contributed by atoms with Gasteiger partial charge in [-0.1, -0.05) is 13.8 Å². The SMILES string of the molecule is CCOC(=O)C(F)(F)C(F)(F)C(F)(F)C(=O)OCCOC(=O)C(C)C. The van der Waals surface area contributed by atoms with Gasteiger partial charge in [0.1, 0.15) is 13.2 Å². The Morgan fingerprint density at radius 3 is 1.60 bits per heavy atom. The highest BCUT2D eigenvalue weighted by Gasteiger charge is 2.79.